The van der Waals surface area contributed by atoms with Crippen molar-refractivity contribution in [2.24, 2.45) is 0 Å². The number of hydrogen-bond acceptors (Lipinski definition) is 2. The molecule has 14 heavy (non-hydrogen) atoms. The minimum absolute atomic E-state index is 0.0802. The molecule has 1 amide bonds. The number of halogens is 1. The third-order valence-corrected chi connectivity index (χ3v) is 1.91. The number of carbonyl (C=O) groups excluding carboxylic acids is 1. The van der Waals surface area contributed by atoms with Crippen LogP contribution in [0.4, 0.5) is 0 Å². The molecule has 4 heteroatoms. The Morgan fingerprint density at radius 1 is 1.50 bits per heavy atom. The quantitative estimate of drug-likeness (QED) is 0.747. The largest absolute Gasteiger partial charge is 0.508 e. The average molecular weight is 214 g/mol. The summed E-state index contributed by atoms with van der Waals surface area (Å²) >= 11 is 5.40. The maximum Gasteiger partial charge on any atom is 0.221 e. The third-order valence-electron chi connectivity index (χ3n) is 1.72. The molecule has 0 radical (unpaired) electrons. The Morgan fingerprint density at radius 3 is 2.93 bits per heavy atom. The van der Waals surface area contributed by atoms with E-state index in [0.717, 1.165) is 5.56 Å². The van der Waals surface area contributed by atoms with E-state index >= 15 is 0 Å². The van der Waals surface area contributed by atoms with Gasteiger partial charge in [-0.2, -0.15) is 0 Å². The zero-order valence-corrected chi connectivity index (χ0v) is 8.42. The van der Waals surface area contributed by atoms with Gasteiger partial charge in [0.2, 0.25) is 5.91 Å². The monoisotopic (exact) mass is 213 g/mol. The SMILES string of the molecule is O=C(CCCl)NCc1cccc(O)c1. The molecule has 0 aliphatic heterocycles. The van der Waals surface area contributed by atoms with E-state index in [2.05, 4.69) is 5.32 Å². The fraction of sp³-hybridized carbons (Fsp3) is 0.300. The number of amides is 1. The second kappa shape index (κ2) is 5.50. The summed E-state index contributed by atoms with van der Waals surface area (Å²) < 4.78 is 0. The maximum absolute atomic E-state index is 11.0. The molecule has 3 nitrogen and oxygen atoms in total. The number of alkyl halides is 1. The molecule has 0 aromatic heterocycles. The van der Waals surface area contributed by atoms with Crippen LogP contribution >= 0.6 is 11.6 Å². The Kier molecular flexibility index (Phi) is 4.26. The molecule has 0 unspecified atom stereocenters. The van der Waals surface area contributed by atoms with E-state index in [1.54, 1.807) is 18.2 Å². The Labute approximate surface area is 87.7 Å². The average Bonchev–Trinajstić information content (AvgIpc) is 2.15. The van der Waals surface area contributed by atoms with Crippen LogP contribution in [0.3, 0.4) is 0 Å². The topological polar surface area (TPSA) is 49.3 Å². The molecule has 0 spiro atoms. The predicted octanol–water partition coefficient (Wildman–Crippen LogP) is 1.64. The molecule has 0 bridgehead atoms. The van der Waals surface area contributed by atoms with Gasteiger partial charge in [0.15, 0.2) is 0 Å². The Balaban J connectivity index is 2.41. The van der Waals surface area contributed by atoms with E-state index in [4.69, 9.17) is 16.7 Å². The van der Waals surface area contributed by atoms with Gasteiger partial charge < -0.3 is 10.4 Å². The molecular weight excluding hydrogens is 202 g/mol. The molecule has 1 aromatic rings. The summed E-state index contributed by atoms with van der Waals surface area (Å²) in [7, 11) is 0. The fourth-order valence-corrected chi connectivity index (χ4v) is 1.21. The molecule has 1 rings (SSSR count). The molecule has 2 N–H and O–H groups in total. The molecule has 0 saturated heterocycles. The van der Waals surface area contributed by atoms with Gasteiger partial charge in [-0.05, 0) is 17.7 Å². The molecule has 0 saturated carbocycles. The first-order chi connectivity index (χ1) is 6.72. The number of phenolic OH excluding ortho intramolecular Hbond substituents is 1. The second-order valence-corrected chi connectivity index (χ2v) is 3.26. The predicted molar refractivity (Wildman–Crippen MR) is 55.3 cm³/mol. The third kappa shape index (κ3) is 3.66. The lowest BCUT2D eigenvalue weighted by atomic mass is 10.2. The van der Waals surface area contributed by atoms with Crippen molar-refractivity contribution in [2.45, 2.75) is 13.0 Å². The summed E-state index contributed by atoms with van der Waals surface area (Å²) in [6, 6.07) is 6.77. The van der Waals surface area contributed by atoms with Crippen LogP contribution in [0.2, 0.25) is 0 Å². The molecule has 0 aliphatic carbocycles. The van der Waals surface area contributed by atoms with Crippen molar-refractivity contribution in [3.8, 4) is 5.75 Å². The lowest BCUT2D eigenvalue weighted by molar-refractivity contribution is -0.120. The first-order valence-corrected chi connectivity index (χ1v) is 4.86. The molecular formula is C10H12ClNO2. The van der Waals surface area contributed by atoms with Gasteiger partial charge in [-0.3, -0.25) is 4.79 Å². The molecule has 0 aliphatic rings. The Hall–Kier alpha value is -1.22. The van der Waals surface area contributed by atoms with Crippen molar-refractivity contribution < 1.29 is 9.90 Å². The summed E-state index contributed by atoms with van der Waals surface area (Å²) in [6.07, 6.45) is 0.320. The zero-order chi connectivity index (χ0) is 10.4. The van der Waals surface area contributed by atoms with Crippen LogP contribution in [0.15, 0.2) is 24.3 Å². The minimum Gasteiger partial charge on any atom is -0.508 e. The van der Waals surface area contributed by atoms with Crippen molar-refractivity contribution in [3.63, 3.8) is 0 Å². The normalized spacial score (nSPS) is 9.79. The van der Waals surface area contributed by atoms with Gasteiger partial charge in [0, 0.05) is 18.8 Å². The standard InChI is InChI=1S/C10H12ClNO2/c11-5-4-10(14)12-7-8-2-1-3-9(13)6-8/h1-3,6,13H,4-5,7H2,(H,12,14). The van der Waals surface area contributed by atoms with Crippen LogP contribution in [-0.4, -0.2) is 16.9 Å². The summed E-state index contributed by atoms with van der Waals surface area (Å²) in [6.45, 7) is 0.421. The van der Waals surface area contributed by atoms with Crippen LogP contribution in [0.5, 0.6) is 5.75 Å². The molecule has 0 atom stereocenters. The van der Waals surface area contributed by atoms with Gasteiger partial charge in [-0.25, -0.2) is 0 Å². The molecule has 1 aromatic carbocycles. The number of rotatable bonds is 4. The summed E-state index contributed by atoms with van der Waals surface area (Å²) in [5.74, 6) is 0.448. The van der Waals surface area contributed by atoms with E-state index < -0.39 is 0 Å². The number of hydrogen-bond donors (Lipinski definition) is 2. The van der Waals surface area contributed by atoms with E-state index in [1.165, 1.54) is 0 Å². The number of phenols is 1. The maximum atomic E-state index is 11.0. The molecule has 0 heterocycles. The van der Waals surface area contributed by atoms with E-state index in [1.807, 2.05) is 6.07 Å². The highest BCUT2D eigenvalue weighted by atomic mass is 35.5. The fourth-order valence-electron chi connectivity index (χ4n) is 1.04. The summed E-state index contributed by atoms with van der Waals surface area (Å²) in [5, 5.41) is 11.8. The van der Waals surface area contributed by atoms with Crippen molar-refractivity contribution >= 4 is 17.5 Å². The van der Waals surface area contributed by atoms with Crippen molar-refractivity contribution in [1.29, 1.82) is 0 Å². The van der Waals surface area contributed by atoms with Gasteiger partial charge >= 0.3 is 0 Å². The van der Waals surface area contributed by atoms with Crippen LogP contribution in [-0.2, 0) is 11.3 Å². The minimum atomic E-state index is -0.0802. The second-order valence-electron chi connectivity index (χ2n) is 2.89. The molecule has 76 valence electrons. The first kappa shape index (κ1) is 10.9. The Bertz CT molecular complexity index is 315. The zero-order valence-electron chi connectivity index (χ0n) is 7.66. The summed E-state index contributed by atoms with van der Waals surface area (Å²) in [4.78, 5) is 11.0. The highest BCUT2D eigenvalue weighted by Gasteiger charge is 1.99. The lowest BCUT2D eigenvalue weighted by Gasteiger charge is -2.04. The summed E-state index contributed by atoms with van der Waals surface area (Å²) in [5.41, 5.74) is 0.868. The van der Waals surface area contributed by atoms with Crippen molar-refractivity contribution in [2.75, 3.05) is 5.88 Å². The van der Waals surface area contributed by atoms with Crippen LogP contribution in [0, 0.1) is 0 Å². The smallest absolute Gasteiger partial charge is 0.221 e. The van der Waals surface area contributed by atoms with Gasteiger partial charge in [0.05, 0.1) is 0 Å². The highest BCUT2D eigenvalue weighted by molar-refractivity contribution is 6.18. The van der Waals surface area contributed by atoms with Gasteiger partial charge in [0.1, 0.15) is 5.75 Å². The number of aromatic hydroxyl groups is 1. The Morgan fingerprint density at radius 2 is 2.29 bits per heavy atom. The van der Waals surface area contributed by atoms with Crippen molar-refractivity contribution in [1.82, 2.24) is 5.32 Å². The van der Waals surface area contributed by atoms with Gasteiger partial charge in [-0.1, -0.05) is 12.1 Å². The van der Waals surface area contributed by atoms with E-state index in [9.17, 15) is 4.79 Å². The number of nitrogens with one attached hydrogen (secondary N) is 1. The van der Waals surface area contributed by atoms with Crippen LogP contribution in [0.25, 0.3) is 0 Å². The number of benzene rings is 1. The van der Waals surface area contributed by atoms with E-state index in [0.29, 0.717) is 18.8 Å². The van der Waals surface area contributed by atoms with Gasteiger partial charge in [0.25, 0.3) is 0 Å². The van der Waals surface area contributed by atoms with Gasteiger partial charge in [-0.15, -0.1) is 11.6 Å². The van der Waals surface area contributed by atoms with Crippen LogP contribution < -0.4 is 5.32 Å². The number of carbonyl (C=O) groups is 1. The highest BCUT2D eigenvalue weighted by Crippen LogP contribution is 2.10. The van der Waals surface area contributed by atoms with E-state index in [-0.39, 0.29) is 11.7 Å². The van der Waals surface area contributed by atoms with Crippen LogP contribution in [0.1, 0.15) is 12.0 Å². The first-order valence-electron chi connectivity index (χ1n) is 4.33. The van der Waals surface area contributed by atoms with Crippen molar-refractivity contribution in [3.05, 3.63) is 29.8 Å². The lowest BCUT2D eigenvalue weighted by Crippen LogP contribution is -2.22. The molecule has 0 fully saturated rings.